The average molecular weight is 397 g/mol. The Hall–Kier alpha value is -3.06. The summed E-state index contributed by atoms with van der Waals surface area (Å²) >= 11 is 0. The molecular weight excluding hydrogens is 370 g/mol. The fraction of sp³-hybridized carbons (Fsp3) is 0.364. The molecule has 0 aliphatic carbocycles. The predicted molar refractivity (Wildman–Crippen MR) is 113 cm³/mol. The van der Waals surface area contributed by atoms with Gasteiger partial charge in [0, 0.05) is 32.3 Å². The summed E-state index contributed by atoms with van der Waals surface area (Å²) in [5.74, 6) is 0.140. The molecule has 3 rings (SSSR count). The minimum atomic E-state index is -0.465. The number of nitrogens with one attached hydrogen (secondary N) is 1. The Labute approximate surface area is 170 Å². The number of amides is 1. The highest BCUT2D eigenvalue weighted by atomic mass is 16.5. The van der Waals surface area contributed by atoms with Gasteiger partial charge in [0.15, 0.2) is 0 Å². The van der Waals surface area contributed by atoms with Gasteiger partial charge in [-0.25, -0.2) is 4.79 Å². The van der Waals surface area contributed by atoms with Gasteiger partial charge in [-0.05, 0) is 37.7 Å². The number of piperazine rings is 1. The van der Waals surface area contributed by atoms with Gasteiger partial charge in [-0.15, -0.1) is 0 Å². The van der Waals surface area contributed by atoms with E-state index in [-0.39, 0.29) is 5.91 Å². The highest BCUT2D eigenvalue weighted by Crippen LogP contribution is 2.26. The number of ether oxygens (including phenoxy) is 1. The van der Waals surface area contributed by atoms with Crippen molar-refractivity contribution in [3.05, 3.63) is 53.5 Å². The van der Waals surface area contributed by atoms with Crippen LogP contribution in [0.5, 0.6) is 0 Å². The molecule has 1 fully saturated rings. The van der Waals surface area contributed by atoms with E-state index in [2.05, 4.69) is 22.0 Å². The number of benzene rings is 1. The van der Waals surface area contributed by atoms with E-state index in [0.717, 1.165) is 44.1 Å². The van der Waals surface area contributed by atoms with E-state index in [1.165, 1.54) is 19.3 Å². The molecular formula is C22H27N3O4. The van der Waals surface area contributed by atoms with E-state index in [0.29, 0.717) is 17.1 Å². The SMILES string of the molecule is CCN1CCN(c2ccccc2NC(=O)/C=C/c2cc(C(=O)OC)c(C)o2)CC1. The number of methoxy groups -OCH3 is 1. The molecule has 1 aliphatic heterocycles. The van der Waals surface area contributed by atoms with Crippen LogP contribution in [0.15, 0.2) is 40.8 Å². The zero-order chi connectivity index (χ0) is 20.8. The lowest BCUT2D eigenvalue weighted by atomic mass is 10.2. The van der Waals surface area contributed by atoms with Gasteiger partial charge in [-0.1, -0.05) is 19.1 Å². The zero-order valence-electron chi connectivity index (χ0n) is 17.1. The lowest BCUT2D eigenvalue weighted by Crippen LogP contribution is -2.46. The quantitative estimate of drug-likeness (QED) is 0.596. The molecule has 1 amide bonds. The lowest BCUT2D eigenvalue weighted by molar-refractivity contribution is -0.111. The van der Waals surface area contributed by atoms with Gasteiger partial charge in [-0.3, -0.25) is 4.79 Å². The maximum atomic E-state index is 12.4. The second kappa shape index (κ2) is 9.43. The molecule has 154 valence electrons. The third-order valence-electron chi connectivity index (χ3n) is 5.06. The van der Waals surface area contributed by atoms with E-state index in [1.54, 1.807) is 13.0 Å². The maximum Gasteiger partial charge on any atom is 0.341 e. The molecule has 7 heteroatoms. The molecule has 1 aromatic carbocycles. The van der Waals surface area contributed by atoms with Crippen molar-refractivity contribution in [1.29, 1.82) is 0 Å². The summed E-state index contributed by atoms with van der Waals surface area (Å²) in [7, 11) is 1.32. The second-order valence-corrected chi connectivity index (χ2v) is 6.87. The minimum Gasteiger partial charge on any atom is -0.465 e. The lowest BCUT2D eigenvalue weighted by Gasteiger charge is -2.36. The number of furan rings is 1. The normalized spacial score (nSPS) is 14.9. The molecule has 0 bridgehead atoms. The van der Waals surface area contributed by atoms with Crippen molar-refractivity contribution >= 4 is 29.3 Å². The first kappa shape index (κ1) is 20.7. The number of hydrogen-bond donors (Lipinski definition) is 1. The minimum absolute atomic E-state index is 0.265. The number of nitrogens with zero attached hydrogens (tertiary/aromatic N) is 2. The van der Waals surface area contributed by atoms with E-state index in [1.807, 2.05) is 24.3 Å². The number of carbonyl (C=O) groups excluding carboxylic acids is 2. The first-order chi connectivity index (χ1) is 14.0. The highest BCUT2D eigenvalue weighted by Gasteiger charge is 2.18. The number of likely N-dealkylation sites (N-methyl/N-ethyl adjacent to an activating group) is 1. The van der Waals surface area contributed by atoms with E-state index < -0.39 is 5.97 Å². The summed E-state index contributed by atoms with van der Waals surface area (Å²) in [6.45, 7) is 8.79. The van der Waals surface area contributed by atoms with Crippen LogP contribution in [0, 0.1) is 6.92 Å². The molecule has 2 aromatic rings. The van der Waals surface area contributed by atoms with Crippen molar-refractivity contribution in [3.63, 3.8) is 0 Å². The van der Waals surface area contributed by atoms with Gasteiger partial charge in [0.2, 0.25) is 5.91 Å². The Morgan fingerprint density at radius 3 is 2.62 bits per heavy atom. The molecule has 1 saturated heterocycles. The van der Waals surface area contributed by atoms with Gasteiger partial charge in [0.1, 0.15) is 17.1 Å². The molecule has 0 atom stereocenters. The van der Waals surface area contributed by atoms with Gasteiger partial charge >= 0.3 is 5.97 Å². The summed E-state index contributed by atoms with van der Waals surface area (Å²) in [4.78, 5) is 28.8. The summed E-state index contributed by atoms with van der Waals surface area (Å²) in [6, 6.07) is 9.38. The smallest absolute Gasteiger partial charge is 0.341 e. The van der Waals surface area contributed by atoms with Crippen molar-refractivity contribution in [2.75, 3.05) is 50.1 Å². The molecule has 7 nitrogen and oxygen atoms in total. The van der Waals surface area contributed by atoms with Crippen LogP contribution in [0.2, 0.25) is 0 Å². The number of hydrogen-bond acceptors (Lipinski definition) is 6. The summed E-state index contributed by atoms with van der Waals surface area (Å²) < 4.78 is 10.2. The second-order valence-electron chi connectivity index (χ2n) is 6.87. The molecule has 1 N–H and O–H groups in total. The molecule has 29 heavy (non-hydrogen) atoms. The van der Waals surface area contributed by atoms with Crippen molar-refractivity contribution in [1.82, 2.24) is 4.90 Å². The average Bonchev–Trinajstić information content (AvgIpc) is 3.13. The molecule has 0 unspecified atom stereocenters. The Balaban J connectivity index is 1.67. The van der Waals surface area contributed by atoms with Crippen LogP contribution < -0.4 is 10.2 Å². The van der Waals surface area contributed by atoms with Crippen molar-refractivity contribution in [2.45, 2.75) is 13.8 Å². The Morgan fingerprint density at radius 2 is 1.93 bits per heavy atom. The van der Waals surface area contributed by atoms with Crippen molar-refractivity contribution in [3.8, 4) is 0 Å². The van der Waals surface area contributed by atoms with E-state index in [4.69, 9.17) is 9.15 Å². The topological polar surface area (TPSA) is 75.0 Å². The van der Waals surface area contributed by atoms with Gasteiger partial charge in [-0.2, -0.15) is 0 Å². The molecule has 1 aliphatic rings. The summed E-state index contributed by atoms with van der Waals surface area (Å²) in [5, 5.41) is 2.94. The number of rotatable bonds is 6. The van der Waals surface area contributed by atoms with Crippen molar-refractivity contribution < 1.29 is 18.7 Å². The fourth-order valence-corrected chi connectivity index (χ4v) is 3.39. The Bertz CT molecular complexity index is 895. The van der Waals surface area contributed by atoms with E-state index >= 15 is 0 Å². The third kappa shape index (κ3) is 5.06. The Morgan fingerprint density at radius 1 is 1.21 bits per heavy atom. The number of esters is 1. The number of aryl methyl sites for hydroxylation is 1. The van der Waals surface area contributed by atoms with Crippen molar-refractivity contribution in [2.24, 2.45) is 0 Å². The number of carbonyl (C=O) groups is 2. The molecule has 0 spiro atoms. The van der Waals surface area contributed by atoms with Crippen LogP contribution in [0.4, 0.5) is 11.4 Å². The van der Waals surface area contributed by atoms with Crippen LogP contribution in [-0.4, -0.2) is 56.6 Å². The largest absolute Gasteiger partial charge is 0.465 e. The highest BCUT2D eigenvalue weighted by molar-refractivity contribution is 6.03. The van der Waals surface area contributed by atoms with Gasteiger partial charge < -0.3 is 24.3 Å². The third-order valence-corrected chi connectivity index (χ3v) is 5.06. The van der Waals surface area contributed by atoms with Crippen LogP contribution in [0.1, 0.15) is 28.8 Å². The number of para-hydroxylation sites is 2. The van der Waals surface area contributed by atoms with Gasteiger partial charge in [0.05, 0.1) is 18.5 Å². The van der Waals surface area contributed by atoms with Crippen LogP contribution in [-0.2, 0) is 9.53 Å². The Kier molecular flexibility index (Phi) is 6.72. The maximum absolute atomic E-state index is 12.4. The molecule has 2 heterocycles. The molecule has 0 radical (unpaired) electrons. The summed E-state index contributed by atoms with van der Waals surface area (Å²) in [6.07, 6.45) is 2.93. The first-order valence-electron chi connectivity index (χ1n) is 9.76. The molecule has 1 aromatic heterocycles. The standard InChI is InChI=1S/C22H27N3O4/c1-4-24-11-13-25(14-12-24)20-8-6-5-7-19(20)23-21(26)10-9-17-15-18(16(2)29-17)22(27)28-3/h5-10,15H,4,11-14H2,1-3H3,(H,23,26)/b10-9+. The first-order valence-corrected chi connectivity index (χ1v) is 9.76. The predicted octanol–water partition coefficient (Wildman–Crippen LogP) is 3.17. The number of anilines is 2. The zero-order valence-corrected chi connectivity index (χ0v) is 17.1. The fourth-order valence-electron chi connectivity index (χ4n) is 3.39. The van der Waals surface area contributed by atoms with E-state index in [9.17, 15) is 9.59 Å². The van der Waals surface area contributed by atoms with Crippen LogP contribution in [0.3, 0.4) is 0 Å². The monoisotopic (exact) mass is 397 g/mol. The summed E-state index contributed by atoms with van der Waals surface area (Å²) in [5.41, 5.74) is 2.15. The molecule has 0 saturated carbocycles. The van der Waals surface area contributed by atoms with Crippen LogP contribution in [0.25, 0.3) is 6.08 Å². The van der Waals surface area contributed by atoms with Gasteiger partial charge in [0.25, 0.3) is 0 Å². The van der Waals surface area contributed by atoms with Crippen LogP contribution >= 0.6 is 0 Å².